The molecule has 2 N–H and O–H groups in total. The lowest BCUT2D eigenvalue weighted by Crippen LogP contribution is -2.77. The predicted octanol–water partition coefficient (Wildman–Crippen LogP) is 2.04. The number of carbonyl (C=O) groups is 3. The number of carbonyl (C=O) groups excluding carboxylic acids is 3. The Morgan fingerprint density at radius 1 is 1.33 bits per heavy atom. The SMILES string of the molecule is CCCC(C)(C)OC(=O)N1CCCC12CN(C(C(=O)NCC1CCC1)[C@@H](C)O)C2=O. The van der Waals surface area contributed by atoms with Gasteiger partial charge in [-0.1, -0.05) is 19.8 Å². The standard InChI is InChI=1S/C22H37N3O5/c1-5-10-21(3,4)30-20(29)25-12-7-11-22(25)14-24(19(22)28)17(15(2)26)18(27)23-13-16-8-6-9-16/h15-17,26H,5-14H2,1-4H3,(H,23,27)/t15-,17?,22?/m1/s1. The maximum absolute atomic E-state index is 13.2. The number of nitrogens with one attached hydrogen (secondary N) is 1. The van der Waals surface area contributed by atoms with E-state index in [2.05, 4.69) is 5.32 Å². The Morgan fingerprint density at radius 2 is 2.03 bits per heavy atom. The van der Waals surface area contributed by atoms with Crippen molar-refractivity contribution in [1.82, 2.24) is 15.1 Å². The first-order chi connectivity index (χ1) is 14.1. The molecule has 2 unspecified atom stereocenters. The van der Waals surface area contributed by atoms with Gasteiger partial charge in [-0.05, 0) is 58.8 Å². The third-order valence-corrected chi connectivity index (χ3v) is 6.87. The van der Waals surface area contributed by atoms with Gasteiger partial charge in [0.2, 0.25) is 5.91 Å². The van der Waals surface area contributed by atoms with Crippen LogP contribution in [-0.4, -0.2) is 75.7 Å². The summed E-state index contributed by atoms with van der Waals surface area (Å²) in [6.07, 6.45) is 4.86. The van der Waals surface area contributed by atoms with Crippen LogP contribution in [0.2, 0.25) is 0 Å². The summed E-state index contributed by atoms with van der Waals surface area (Å²) in [6.45, 7) is 8.62. The molecule has 1 spiro atoms. The van der Waals surface area contributed by atoms with Crippen LogP contribution in [0.3, 0.4) is 0 Å². The molecule has 0 bridgehead atoms. The van der Waals surface area contributed by atoms with Gasteiger partial charge >= 0.3 is 6.09 Å². The van der Waals surface area contributed by atoms with Gasteiger partial charge in [0.05, 0.1) is 12.6 Å². The van der Waals surface area contributed by atoms with Gasteiger partial charge in [-0.25, -0.2) is 4.79 Å². The molecule has 1 aliphatic carbocycles. The molecule has 8 heteroatoms. The van der Waals surface area contributed by atoms with Crippen LogP contribution in [0.5, 0.6) is 0 Å². The van der Waals surface area contributed by atoms with Crippen LogP contribution in [0.4, 0.5) is 4.79 Å². The highest BCUT2D eigenvalue weighted by atomic mass is 16.6. The van der Waals surface area contributed by atoms with Gasteiger partial charge in [0, 0.05) is 13.1 Å². The van der Waals surface area contributed by atoms with Crippen molar-refractivity contribution in [3.63, 3.8) is 0 Å². The Labute approximate surface area is 179 Å². The molecular weight excluding hydrogens is 386 g/mol. The first kappa shape index (κ1) is 22.8. The number of aliphatic hydroxyl groups excluding tert-OH is 1. The molecule has 0 aromatic heterocycles. The van der Waals surface area contributed by atoms with Gasteiger partial charge in [0.25, 0.3) is 5.91 Å². The van der Waals surface area contributed by atoms with E-state index < -0.39 is 29.4 Å². The zero-order valence-electron chi connectivity index (χ0n) is 18.8. The van der Waals surface area contributed by atoms with E-state index in [0.29, 0.717) is 25.4 Å². The average Bonchev–Trinajstić information content (AvgIpc) is 3.06. The van der Waals surface area contributed by atoms with Crippen LogP contribution in [0.1, 0.15) is 72.6 Å². The van der Waals surface area contributed by atoms with Crippen LogP contribution in [0.25, 0.3) is 0 Å². The van der Waals surface area contributed by atoms with E-state index in [9.17, 15) is 19.5 Å². The molecule has 1 saturated carbocycles. The van der Waals surface area contributed by atoms with Crippen molar-refractivity contribution in [1.29, 1.82) is 0 Å². The molecule has 3 amide bonds. The maximum Gasteiger partial charge on any atom is 0.411 e. The minimum atomic E-state index is -0.988. The van der Waals surface area contributed by atoms with Crippen molar-refractivity contribution >= 4 is 17.9 Å². The zero-order chi connectivity index (χ0) is 22.1. The molecule has 0 aromatic rings. The lowest BCUT2D eigenvalue weighted by atomic mass is 9.83. The van der Waals surface area contributed by atoms with E-state index in [0.717, 1.165) is 32.1 Å². The zero-order valence-corrected chi connectivity index (χ0v) is 18.8. The van der Waals surface area contributed by atoms with E-state index in [1.165, 1.54) is 23.1 Å². The minimum absolute atomic E-state index is 0.252. The van der Waals surface area contributed by atoms with Crippen molar-refractivity contribution in [3.05, 3.63) is 0 Å². The van der Waals surface area contributed by atoms with Gasteiger partial charge in [0.15, 0.2) is 0 Å². The molecule has 8 nitrogen and oxygen atoms in total. The predicted molar refractivity (Wildman–Crippen MR) is 112 cm³/mol. The second-order valence-corrected chi connectivity index (χ2v) is 9.83. The number of hydrogen-bond acceptors (Lipinski definition) is 5. The second kappa shape index (κ2) is 8.73. The summed E-state index contributed by atoms with van der Waals surface area (Å²) in [5, 5.41) is 13.1. The highest BCUT2D eigenvalue weighted by Crippen LogP contribution is 2.41. The highest BCUT2D eigenvalue weighted by Gasteiger charge is 2.63. The van der Waals surface area contributed by atoms with E-state index in [-0.39, 0.29) is 18.4 Å². The van der Waals surface area contributed by atoms with Crippen LogP contribution < -0.4 is 5.32 Å². The van der Waals surface area contributed by atoms with Crippen molar-refractivity contribution < 1.29 is 24.2 Å². The molecule has 3 rings (SSSR count). The average molecular weight is 424 g/mol. The number of amides is 3. The molecule has 2 saturated heterocycles. The summed E-state index contributed by atoms with van der Waals surface area (Å²) in [5.74, 6) is -0.0974. The van der Waals surface area contributed by atoms with Crippen LogP contribution in [-0.2, 0) is 14.3 Å². The molecule has 170 valence electrons. The highest BCUT2D eigenvalue weighted by molar-refractivity contribution is 5.99. The van der Waals surface area contributed by atoms with Gasteiger partial charge in [-0.3, -0.25) is 14.5 Å². The van der Waals surface area contributed by atoms with Gasteiger partial charge in [-0.2, -0.15) is 0 Å². The first-order valence-corrected chi connectivity index (χ1v) is 11.4. The summed E-state index contributed by atoms with van der Waals surface area (Å²) in [5.41, 5.74) is -1.54. The topological polar surface area (TPSA) is 99.2 Å². The number of hydrogen-bond donors (Lipinski definition) is 2. The van der Waals surface area contributed by atoms with Crippen LogP contribution >= 0.6 is 0 Å². The van der Waals surface area contributed by atoms with E-state index in [1.807, 2.05) is 20.8 Å². The Morgan fingerprint density at radius 3 is 2.57 bits per heavy atom. The molecule has 2 heterocycles. The number of rotatable bonds is 8. The molecule has 0 aromatic carbocycles. The third kappa shape index (κ3) is 4.29. The lowest BCUT2D eigenvalue weighted by molar-refractivity contribution is -0.172. The normalized spacial score (nSPS) is 26.2. The molecule has 3 fully saturated rings. The van der Waals surface area contributed by atoms with Crippen molar-refractivity contribution in [2.45, 2.75) is 95.9 Å². The molecule has 3 aliphatic rings. The van der Waals surface area contributed by atoms with Gasteiger partial charge < -0.3 is 20.1 Å². The Hall–Kier alpha value is -1.83. The van der Waals surface area contributed by atoms with E-state index in [4.69, 9.17) is 4.74 Å². The summed E-state index contributed by atoms with van der Waals surface area (Å²) >= 11 is 0. The third-order valence-electron chi connectivity index (χ3n) is 6.87. The monoisotopic (exact) mass is 423 g/mol. The Bertz CT molecular complexity index is 676. The van der Waals surface area contributed by atoms with E-state index >= 15 is 0 Å². The molecule has 0 radical (unpaired) electrons. The van der Waals surface area contributed by atoms with Gasteiger partial charge in [-0.15, -0.1) is 0 Å². The van der Waals surface area contributed by atoms with Crippen LogP contribution in [0.15, 0.2) is 0 Å². The molecular formula is C22H37N3O5. The number of aliphatic hydroxyl groups is 1. The Balaban J connectivity index is 1.65. The first-order valence-electron chi connectivity index (χ1n) is 11.4. The number of nitrogens with zero attached hydrogens (tertiary/aromatic N) is 2. The number of β-lactam (4-membered cyclic amide) rings is 1. The fourth-order valence-electron chi connectivity index (χ4n) is 4.97. The fraction of sp³-hybridized carbons (Fsp3) is 0.864. The molecule has 2 aliphatic heterocycles. The van der Waals surface area contributed by atoms with Crippen molar-refractivity contribution in [2.24, 2.45) is 5.92 Å². The number of ether oxygens (including phenoxy) is 1. The van der Waals surface area contributed by atoms with Crippen molar-refractivity contribution in [3.8, 4) is 0 Å². The van der Waals surface area contributed by atoms with Crippen LogP contribution in [0, 0.1) is 5.92 Å². The van der Waals surface area contributed by atoms with E-state index in [1.54, 1.807) is 0 Å². The quantitative estimate of drug-likeness (QED) is 0.582. The largest absolute Gasteiger partial charge is 0.443 e. The summed E-state index contributed by atoms with van der Waals surface area (Å²) in [6, 6.07) is -0.932. The number of likely N-dealkylation sites (tertiary alicyclic amines) is 2. The Kier molecular flexibility index (Phi) is 6.65. The smallest absolute Gasteiger partial charge is 0.411 e. The lowest BCUT2D eigenvalue weighted by Gasteiger charge is -2.53. The fourth-order valence-corrected chi connectivity index (χ4v) is 4.97. The maximum atomic E-state index is 13.2. The summed E-state index contributed by atoms with van der Waals surface area (Å²) in [4.78, 5) is 41.8. The minimum Gasteiger partial charge on any atom is -0.443 e. The molecule has 30 heavy (non-hydrogen) atoms. The molecule has 3 atom stereocenters. The summed E-state index contributed by atoms with van der Waals surface area (Å²) in [7, 11) is 0. The summed E-state index contributed by atoms with van der Waals surface area (Å²) < 4.78 is 5.70. The van der Waals surface area contributed by atoms with Crippen molar-refractivity contribution in [2.75, 3.05) is 19.6 Å². The second-order valence-electron chi connectivity index (χ2n) is 9.83. The van der Waals surface area contributed by atoms with Gasteiger partial charge in [0.1, 0.15) is 17.2 Å².